The van der Waals surface area contributed by atoms with E-state index in [2.05, 4.69) is 10.1 Å². The summed E-state index contributed by atoms with van der Waals surface area (Å²) in [6, 6.07) is 12.3. The highest BCUT2D eigenvalue weighted by molar-refractivity contribution is 6.32. The largest absolute Gasteiger partial charge is 0.495 e. The maximum atomic E-state index is 13.1. The summed E-state index contributed by atoms with van der Waals surface area (Å²) in [5.74, 6) is 1.06. The molecule has 0 fully saturated rings. The van der Waals surface area contributed by atoms with Crippen molar-refractivity contribution in [3.8, 4) is 17.1 Å². The highest BCUT2D eigenvalue weighted by Crippen LogP contribution is 2.27. The van der Waals surface area contributed by atoms with Gasteiger partial charge in [-0.05, 0) is 49.4 Å². The third-order valence-electron chi connectivity index (χ3n) is 4.23. The van der Waals surface area contributed by atoms with Gasteiger partial charge in [0.15, 0.2) is 5.65 Å². The molecule has 8 heteroatoms. The normalized spacial score (nSPS) is 11.1. The first-order valence-corrected chi connectivity index (χ1v) is 8.82. The summed E-state index contributed by atoms with van der Waals surface area (Å²) in [7, 11) is 1.54. The summed E-state index contributed by atoms with van der Waals surface area (Å²) >= 11 is 12.2. The monoisotopic (exact) mass is 400 g/mol. The minimum Gasteiger partial charge on any atom is -0.495 e. The van der Waals surface area contributed by atoms with Crippen LogP contribution in [0.3, 0.4) is 0 Å². The third-order valence-corrected chi connectivity index (χ3v) is 4.78. The van der Waals surface area contributed by atoms with Crippen molar-refractivity contribution >= 4 is 34.2 Å². The number of fused-ring (bicyclic) bond motifs is 1. The van der Waals surface area contributed by atoms with Gasteiger partial charge in [-0.2, -0.15) is 5.10 Å². The number of benzene rings is 2. The van der Waals surface area contributed by atoms with Crippen LogP contribution >= 0.6 is 23.2 Å². The summed E-state index contributed by atoms with van der Waals surface area (Å²) in [6.45, 7) is 1.76. The average molecular weight is 401 g/mol. The third kappa shape index (κ3) is 2.97. The minimum atomic E-state index is -0.223. The van der Waals surface area contributed by atoms with Crippen molar-refractivity contribution in [1.29, 1.82) is 0 Å². The Labute approximate surface area is 164 Å². The van der Waals surface area contributed by atoms with E-state index < -0.39 is 0 Å². The number of hydrogen-bond donors (Lipinski definition) is 0. The molecule has 0 saturated heterocycles. The number of ether oxygens (including phenoxy) is 1. The Hall–Kier alpha value is -2.83. The molecule has 6 nitrogen and oxygen atoms in total. The van der Waals surface area contributed by atoms with Gasteiger partial charge in [0.2, 0.25) is 0 Å². The molecule has 0 atom stereocenters. The van der Waals surface area contributed by atoms with Gasteiger partial charge < -0.3 is 4.74 Å². The van der Waals surface area contributed by atoms with Crippen LogP contribution in [0.4, 0.5) is 0 Å². The molecule has 0 N–H and O–H groups in total. The topological polar surface area (TPSA) is 61.9 Å². The lowest BCUT2D eigenvalue weighted by atomic mass is 10.2. The Balaban J connectivity index is 1.92. The molecule has 4 rings (SSSR count). The Bertz CT molecular complexity index is 1210. The van der Waals surface area contributed by atoms with Crippen LogP contribution in [0.5, 0.6) is 5.75 Å². The fraction of sp³-hybridized carbons (Fsp3) is 0.105. The van der Waals surface area contributed by atoms with Gasteiger partial charge in [-0.25, -0.2) is 9.67 Å². The Morgan fingerprint density at radius 3 is 2.41 bits per heavy atom. The van der Waals surface area contributed by atoms with Crippen LogP contribution in [0.25, 0.3) is 22.4 Å². The number of halogens is 2. The number of hydrogen-bond acceptors (Lipinski definition) is 4. The first kappa shape index (κ1) is 17.6. The molecule has 0 aliphatic carbocycles. The molecule has 0 aliphatic rings. The fourth-order valence-corrected chi connectivity index (χ4v) is 3.32. The summed E-state index contributed by atoms with van der Waals surface area (Å²) in [5.41, 5.74) is 1.64. The molecule has 0 spiro atoms. The van der Waals surface area contributed by atoms with Gasteiger partial charge in [-0.3, -0.25) is 9.36 Å². The zero-order chi connectivity index (χ0) is 19.1. The fourth-order valence-electron chi connectivity index (χ4n) is 2.94. The molecule has 4 aromatic rings. The Kier molecular flexibility index (Phi) is 4.37. The van der Waals surface area contributed by atoms with E-state index in [-0.39, 0.29) is 5.56 Å². The quantitative estimate of drug-likeness (QED) is 0.517. The van der Waals surface area contributed by atoms with Crippen LogP contribution in [0.1, 0.15) is 5.82 Å². The van der Waals surface area contributed by atoms with Crippen molar-refractivity contribution in [2.75, 3.05) is 7.11 Å². The zero-order valence-electron chi connectivity index (χ0n) is 14.5. The van der Waals surface area contributed by atoms with E-state index >= 15 is 0 Å². The van der Waals surface area contributed by atoms with Gasteiger partial charge in [0.05, 0.1) is 29.7 Å². The predicted octanol–water partition coefficient (Wildman–Crippen LogP) is 4.20. The molecule has 0 unspecified atom stereocenters. The molecule has 2 aromatic heterocycles. The van der Waals surface area contributed by atoms with E-state index in [0.29, 0.717) is 38.3 Å². The number of methoxy groups -OCH3 is 1. The van der Waals surface area contributed by atoms with E-state index in [9.17, 15) is 4.79 Å². The summed E-state index contributed by atoms with van der Waals surface area (Å²) in [5, 5.41) is 5.77. The van der Waals surface area contributed by atoms with Crippen molar-refractivity contribution in [2.24, 2.45) is 0 Å². The van der Waals surface area contributed by atoms with E-state index in [4.69, 9.17) is 27.9 Å². The van der Waals surface area contributed by atoms with Gasteiger partial charge in [-0.1, -0.05) is 23.2 Å². The van der Waals surface area contributed by atoms with Crippen LogP contribution in [0.2, 0.25) is 10.0 Å². The standard InChI is InChI=1S/C19H14Cl2N4O2/c1-11-23-18-15(10-22-25(18)13-5-3-12(20)4-6-13)19(26)24(11)14-7-8-17(27-2)16(21)9-14/h3-10H,1-2H3. The second-order valence-electron chi connectivity index (χ2n) is 5.89. The minimum absolute atomic E-state index is 0.223. The number of aromatic nitrogens is 4. The van der Waals surface area contributed by atoms with Crippen molar-refractivity contribution in [3.63, 3.8) is 0 Å². The highest BCUT2D eigenvalue weighted by atomic mass is 35.5. The first-order valence-electron chi connectivity index (χ1n) is 8.07. The van der Waals surface area contributed by atoms with E-state index in [0.717, 1.165) is 5.69 Å². The van der Waals surface area contributed by atoms with Crippen LogP contribution in [0, 0.1) is 6.92 Å². The predicted molar refractivity (Wildman–Crippen MR) is 106 cm³/mol. The molecule has 136 valence electrons. The average Bonchev–Trinajstić information content (AvgIpc) is 3.06. The maximum absolute atomic E-state index is 13.1. The lowest BCUT2D eigenvalue weighted by Crippen LogP contribution is -2.22. The van der Waals surface area contributed by atoms with Crippen molar-refractivity contribution in [3.05, 3.63) is 74.9 Å². The SMILES string of the molecule is COc1ccc(-n2c(C)nc3c(cnn3-c3ccc(Cl)cc3)c2=O)cc1Cl. The molecule has 0 radical (unpaired) electrons. The molecule has 2 heterocycles. The molecule has 27 heavy (non-hydrogen) atoms. The molecule has 0 aliphatic heterocycles. The van der Waals surface area contributed by atoms with Gasteiger partial charge in [0.25, 0.3) is 5.56 Å². The summed E-state index contributed by atoms with van der Waals surface area (Å²) in [4.78, 5) is 17.7. The number of nitrogens with zero attached hydrogens (tertiary/aromatic N) is 4. The van der Waals surface area contributed by atoms with E-state index in [1.54, 1.807) is 41.9 Å². The molecular formula is C19H14Cl2N4O2. The Morgan fingerprint density at radius 2 is 1.74 bits per heavy atom. The van der Waals surface area contributed by atoms with Gasteiger partial charge in [-0.15, -0.1) is 0 Å². The lowest BCUT2D eigenvalue weighted by Gasteiger charge is -2.12. The molecule has 0 bridgehead atoms. The summed E-state index contributed by atoms with van der Waals surface area (Å²) < 4.78 is 8.29. The Morgan fingerprint density at radius 1 is 1.04 bits per heavy atom. The van der Waals surface area contributed by atoms with Crippen LogP contribution in [-0.4, -0.2) is 26.4 Å². The van der Waals surface area contributed by atoms with Crippen LogP contribution < -0.4 is 10.3 Å². The second-order valence-corrected chi connectivity index (χ2v) is 6.73. The van der Waals surface area contributed by atoms with Crippen LogP contribution in [0.15, 0.2) is 53.5 Å². The van der Waals surface area contributed by atoms with Gasteiger partial charge in [0, 0.05) is 5.02 Å². The van der Waals surface area contributed by atoms with Gasteiger partial charge >= 0.3 is 0 Å². The van der Waals surface area contributed by atoms with Crippen molar-refractivity contribution < 1.29 is 4.74 Å². The molecule has 0 amide bonds. The number of aryl methyl sites for hydroxylation is 1. The van der Waals surface area contributed by atoms with Crippen molar-refractivity contribution in [2.45, 2.75) is 6.92 Å². The molecule has 0 saturated carbocycles. The molecular weight excluding hydrogens is 387 g/mol. The smallest absolute Gasteiger partial charge is 0.269 e. The van der Waals surface area contributed by atoms with E-state index in [1.807, 2.05) is 12.1 Å². The lowest BCUT2D eigenvalue weighted by molar-refractivity contribution is 0.415. The second kappa shape index (κ2) is 6.72. The highest BCUT2D eigenvalue weighted by Gasteiger charge is 2.16. The summed E-state index contributed by atoms with van der Waals surface area (Å²) in [6.07, 6.45) is 1.51. The van der Waals surface area contributed by atoms with Gasteiger partial charge in [0.1, 0.15) is 17.0 Å². The number of rotatable bonds is 3. The van der Waals surface area contributed by atoms with Crippen LogP contribution in [-0.2, 0) is 0 Å². The zero-order valence-corrected chi connectivity index (χ0v) is 16.0. The first-order chi connectivity index (χ1) is 13.0. The maximum Gasteiger partial charge on any atom is 0.269 e. The molecule has 2 aromatic carbocycles. The van der Waals surface area contributed by atoms with Crippen molar-refractivity contribution in [1.82, 2.24) is 19.3 Å². The van der Waals surface area contributed by atoms with E-state index in [1.165, 1.54) is 17.9 Å².